The molecular formula is C17H16N2OS. The maximum atomic E-state index is 6.29. The number of hydrogen-bond acceptors (Lipinski definition) is 4. The largest absolute Gasteiger partial charge is 0.497 e. The van der Waals surface area contributed by atoms with Crippen LogP contribution in [0.2, 0.25) is 0 Å². The van der Waals surface area contributed by atoms with Crippen LogP contribution in [0, 0.1) is 0 Å². The van der Waals surface area contributed by atoms with Crippen LogP contribution in [0.15, 0.2) is 60.0 Å². The van der Waals surface area contributed by atoms with E-state index in [2.05, 4.69) is 4.98 Å². The van der Waals surface area contributed by atoms with Gasteiger partial charge in [0.05, 0.1) is 18.8 Å². The van der Waals surface area contributed by atoms with Gasteiger partial charge in [0.2, 0.25) is 0 Å². The number of aromatic nitrogens is 1. The van der Waals surface area contributed by atoms with E-state index in [1.807, 2.05) is 60.0 Å². The summed E-state index contributed by atoms with van der Waals surface area (Å²) in [6.07, 6.45) is 0. The Bertz CT molecular complexity index is 724. The first-order chi connectivity index (χ1) is 10.3. The molecule has 0 spiro atoms. The van der Waals surface area contributed by atoms with Gasteiger partial charge in [0, 0.05) is 10.9 Å². The topological polar surface area (TPSA) is 48.1 Å². The summed E-state index contributed by atoms with van der Waals surface area (Å²) in [4.78, 5) is 4.67. The lowest BCUT2D eigenvalue weighted by atomic mass is 10.1. The van der Waals surface area contributed by atoms with Crippen LogP contribution in [0.25, 0.3) is 11.3 Å². The zero-order valence-corrected chi connectivity index (χ0v) is 12.5. The zero-order chi connectivity index (χ0) is 14.7. The van der Waals surface area contributed by atoms with Crippen LogP contribution in [-0.2, 0) is 0 Å². The third kappa shape index (κ3) is 2.96. The number of nitrogens with two attached hydrogens (primary N) is 1. The van der Waals surface area contributed by atoms with Crippen molar-refractivity contribution < 1.29 is 4.74 Å². The number of methoxy groups -OCH3 is 1. The van der Waals surface area contributed by atoms with Crippen molar-refractivity contribution in [3.63, 3.8) is 0 Å². The second-order valence-corrected chi connectivity index (χ2v) is 5.58. The van der Waals surface area contributed by atoms with E-state index in [0.717, 1.165) is 27.6 Å². The Morgan fingerprint density at radius 2 is 1.90 bits per heavy atom. The van der Waals surface area contributed by atoms with Crippen LogP contribution < -0.4 is 10.5 Å². The highest BCUT2D eigenvalue weighted by molar-refractivity contribution is 7.10. The molecule has 1 atom stereocenters. The Balaban J connectivity index is 1.89. The van der Waals surface area contributed by atoms with Gasteiger partial charge in [0.1, 0.15) is 10.8 Å². The van der Waals surface area contributed by atoms with Crippen molar-refractivity contribution in [1.29, 1.82) is 0 Å². The predicted octanol–water partition coefficient (Wildman–Crippen LogP) is 3.87. The summed E-state index contributed by atoms with van der Waals surface area (Å²) in [6, 6.07) is 17.7. The summed E-state index contributed by atoms with van der Waals surface area (Å²) in [5, 5.41) is 2.95. The minimum absolute atomic E-state index is 0.185. The SMILES string of the molecule is COc1cccc(-c2csc(C(N)c3ccccc3)n2)c1. The minimum Gasteiger partial charge on any atom is -0.497 e. The van der Waals surface area contributed by atoms with Crippen molar-refractivity contribution in [2.75, 3.05) is 7.11 Å². The molecule has 2 N–H and O–H groups in total. The maximum Gasteiger partial charge on any atom is 0.119 e. The Hall–Kier alpha value is -2.17. The van der Waals surface area contributed by atoms with Crippen molar-refractivity contribution in [3.8, 4) is 17.0 Å². The lowest BCUT2D eigenvalue weighted by molar-refractivity contribution is 0.415. The van der Waals surface area contributed by atoms with Gasteiger partial charge in [-0.05, 0) is 17.7 Å². The molecule has 21 heavy (non-hydrogen) atoms. The average molecular weight is 296 g/mol. The molecule has 0 saturated carbocycles. The fraction of sp³-hybridized carbons (Fsp3) is 0.118. The highest BCUT2D eigenvalue weighted by atomic mass is 32.1. The van der Waals surface area contributed by atoms with E-state index in [0.29, 0.717) is 0 Å². The molecule has 1 unspecified atom stereocenters. The Kier molecular flexibility index (Phi) is 3.99. The second-order valence-electron chi connectivity index (χ2n) is 4.69. The summed E-state index contributed by atoms with van der Waals surface area (Å²) >= 11 is 1.58. The number of benzene rings is 2. The summed E-state index contributed by atoms with van der Waals surface area (Å²) in [5.41, 5.74) is 9.33. The molecule has 0 amide bonds. The number of rotatable bonds is 4. The van der Waals surface area contributed by atoms with Gasteiger partial charge in [-0.15, -0.1) is 11.3 Å². The number of hydrogen-bond donors (Lipinski definition) is 1. The first-order valence-corrected chi connectivity index (χ1v) is 7.56. The van der Waals surface area contributed by atoms with Gasteiger partial charge in [0.25, 0.3) is 0 Å². The molecule has 4 heteroatoms. The lowest BCUT2D eigenvalue weighted by Crippen LogP contribution is -2.11. The van der Waals surface area contributed by atoms with Gasteiger partial charge < -0.3 is 10.5 Å². The van der Waals surface area contributed by atoms with E-state index >= 15 is 0 Å². The third-order valence-corrected chi connectivity index (χ3v) is 4.24. The highest BCUT2D eigenvalue weighted by Gasteiger charge is 2.13. The molecule has 3 nitrogen and oxygen atoms in total. The molecule has 1 aromatic heterocycles. The molecule has 0 saturated heterocycles. The smallest absolute Gasteiger partial charge is 0.119 e. The Morgan fingerprint density at radius 3 is 2.67 bits per heavy atom. The van der Waals surface area contributed by atoms with Gasteiger partial charge in [0.15, 0.2) is 0 Å². The van der Waals surface area contributed by atoms with Crippen LogP contribution in [-0.4, -0.2) is 12.1 Å². The van der Waals surface area contributed by atoms with Crippen molar-refractivity contribution in [2.24, 2.45) is 5.73 Å². The molecule has 2 aromatic carbocycles. The van der Waals surface area contributed by atoms with Crippen LogP contribution in [0.5, 0.6) is 5.75 Å². The van der Waals surface area contributed by atoms with Crippen molar-refractivity contribution in [2.45, 2.75) is 6.04 Å². The van der Waals surface area contributed by atoms with Crippen molar-refractivity contribution in [3.05, 3.63) is 70.5 Å². The fourth-order valence-corrected chi connectivity index (χ4v) is 3.00. The Labute approximate surface area is 128 Å². The summed E-state index contributed by atoms with van der Waals surface area (Å²) in [6.45, 7) is 0. The maximum absolute atomic E-state index is 6.29. The average Bonchev–Trinajstić information content (AvgIpc) is 3.05. The molecule has 3 aromatic rings. The summed E-state index contributed by atoms with van der Waals surface area (Å²) in [7, 11) is 1.66. The molecule has 0 aliphatic heterocycles. The van der Waals surface area contributed by atoms with E-state index in [1.54, 1.807) is 18.4 Å². The van der Waals surface area contributed by atoms with Gasteiger partial charge in [-0.25, -0.2) is 4.98 Å². The fourth-order valence-electron chi connectivity index (χ4n) is 2.15. The lowest BCUT2D eigenvalue weighted by Gasteiger charge is -2.08. The molecule has 0 aliphatic rings. The van der Waals surface area contributed by atoms with E-state index < -0.39 is 0 Å². The zero-order valence-electron chi connectivity index (χ0n) is 11.7. The summed E-state index contributed by atoms with van der Waals surface area (Å²) < 4.78 is 5.25. The molecule has 0 bridgehead atoms. The van der Waals surface area contributed by atoms with Gasteiger partial charge in [-0.1, -0.05) is 42.5 Å². The summed E-state index contributed by atoms with van der Waals surface area (Å²) in [5.74, 6) is 0.828. The van der Waals surface area contributed by atoms with Crippen LogP contribution in [0.4, 0.5) is 0 Å². The van der Waals surface area contributed by atoms with Crippen LogP contribution in [0.3, 0.4) is 0 Å². The van der Waals surface area contributed by atoms with Crippen molar-refractivity contribution in [1.82, 2.24) is 4.98 Å². The van der Waals surface area contributed by atoms with E-state index in [1.165, 1.54) is 0 Å². The molecule has 3 rings (SSSR count). The number of nitrogens with zero attached hydrogens (tertiary/aromatic N) is 1. The van der Waals surface area contributed by atoms with E-state index in [-0.39, 0.29) is 6.04 Å². The quantitative estimate of drug-likeness (QED) is 0.795. The Morgan fingerprint density at radius 1 is 1.10 bits per heavy atom. The normalized spacial score (nSPS) is 12.1. The second kappa shape index (κ2) is 6.08. The molecule has 0 aliphatic carbocycles. The molecule has 0 fully saturated rings. The van der Waals surface area contributed by atoms with Crippen molar-refractivity contribution >= 4 is 11.3 Å². The van der Waals surface area contributed by atoms with Gasteiger partial charge >= 0.3 is 0 Å². The van der Waals surface area contributed by atoms with Crippen LogP contribution in [0.1, 0.15) is 16.6 Å². The highest BCUT2D eigenvalue weighted by Crippen LogP contribution is 2.29. The van der Waals surface area contributed by atoms with Crippen LogP contribution >= 0.6 is 11.3 Å². The van der Waals surface area contributed by atoms with E-state index in [4.69, 9.17) is 10.5 Å². The number of ether oxygens (including phenoxy) is 1. The standard InChI is InChI=1S/C17H16N2OS/c1-20-14-9-5-8-13(10-14)15-11-21-17(19-15)16(18)12-6-3-2-4-7-12/h2-11,16H,18H2,1H3. The molecular weight excluding hydrogens is 280 g/mol. The monoisotopic (exact) mass is 296 g/mol. The molecule has 1 heterocycles. The minimum atomic E-state index is -0.185. The number of thiazole rings is 1. The third-order valence-electron chi connectivity index (χ3n) is 3.31. The van der Waals surface area contributed by atoms with Gasteiger partial charge in [-0.2, -0.15) is 0 Å². The van der Waals surface area contributed by atoms with E-state index in [9.17, 15) is 0 Å². The predicted molar refractivity (Wildman–Crippen MR) is 86.6 cm³/mol. The first-order valence-electron chi connectivity index (χ1n) is 6.68. The molecule has 0 radical (unpaired) electrons. The van der Waals surface area contributed by atoms with Gasteiger partial charge in [-0.3, -0.25) is 0 Å². The first kappa shape index (κ1) is 13.8. The molecule has 106 valence electrons.